The Bertz CT molecular complexity index is 540. The molecule has 1 aromatic rings. The summed E-state index contributed by atoms with van der Waals surface area (Å²) in [6.45, 7) is 5.98. The number of amides is 2. The lowest BCUT2D eigenvalue weighted by Gasteiger charge is -2.38. The molecule has 7 nitrogen and oxygen atoms in total. The molecule has 0 radical (unpaired) electrons. The topological polar surface area (TPSA) is 88.7 Å². The van der Waals surface area contributed by atoms with Gasteiger partial charge in [0.25, 0.3) is 0 Å². The Balaban J connectivity index is 2.06. The van der Waals surface area contributed by atoms with Crippen molar-refractivity contribution < 1.29 is 14.7 Å². The van der Waals surface area contributed by atoms with Crippen molar-refractivity contribution in [3.63, 3.8) is 0 Å². The van der Waals surface area contributed by atoms with Crippen LogP contribution in [0.3, 0.4) is 0 Å². The van der Waals surface area contributed by atoms with E-state index in [2.05, 4.69) is 29.2 Å². The van der Waals surface area contributed by atoms with Crippen LogP contribution in [-0.4, -0.2) is 64.6 Å². The van der Waals surface area contributed by atoms with Crippen LogP contribution in [0.25, 0.3) is 0 Å². The van der Waals surface area contributed by atoms with E-state index in [1.807, 2.05) is 0 Å². The normalized spacial score (nSPS) is 19.6. The highest BCUT2D eigenvalue weighted by Gasteiger charge is 2.27. The fraction of sp³-hybridized carbons (Fsp3) is 0.571. The third-order valence-corrected chi connectivity index (χ3v) is 3.94. The van der Waals surface area contributed by atoms with E-state index in [1.165, 1.54) is 0 Å². The van der Waals surface area contributed by atoms with Crippen molar-refractivity contribution in [1.29, 1.82) is 0 Å². The number of likely N-dealkylation sites (N-methyl/N-ethyl adjacent to an activating group) is 1. The molecule has 3 N–H and O–H groups in total. The van der Waals surface area contributed by atoms with Gasteiger partial charge >= 0.3 is 12.0 Å². The van der Waals surface area contributed by atoms with Gasteiger partial charge in [-0.15, -0.1) is 0 Å². The van der Waals surface area contributed by atoms with E-state index in [0.29, 0.717) is 30.5 Å². The molecule has 7 heteroatoms. The average Bonchev–Trinajstić information content (AvgIpc) is 2.80. The van der Waals surface area contributed by atoms with E-state index >= 15 is 0 Å². The second-order valence-corrected chi connectivity index (χ2v) is 5.47. The number of aromatic carboxylic acids is 1. The van der Waals surface area contributed by atoms with Gasteiger partial charge in [-0.05, 0) is 26.5 Å². The second kappa shape index (κ2) is 6.17. The highest BCUT2D eigenvalue weighted by molar-refractivity contribution is 5.99. The van der Waals surface area contributed by atoms with Crippen LogP contribution in [0.15, 0.2) is 6.07 Å². The summed E-state index contributed by atoms with van der Waals surface area (Å²) in [6, 6.07) is 1.73. The summed E-state index contributed by atoms with van der Waals surface area (Å²) in [5, 5.41) is 11.8. The number of rotatable bonds is 3. The molecule has 1 saturated heterocycles. The van der Waals surface area contributed by atoms with Crippen molar-refractivity contribution in [2.75, 3.05) is 32.0 Å². The first kappa shape index (κ1) is 15.4. The van der Waals surface area contributed by atoms with Gasteiger partial charge in [-0.1, -0.05) is 6.92 Å². The molecule has 1 atom stereocenters. The van der Waals surface area contributed by atoms with Gasteiger partial charge in [-0.3, -0.25) is 4.90 Å². The molecular weight excluding hydrogens is 272 g/mol. The zero-order chi connectivity index (χ0) is 15.6. The number of nitrogens with zero attached hydrogens (tertiary/aromatic N) is 2. The molecule has 0 saturated carbocycles. The van der Waals surface area contributed by atoms with Gasteiger partial charge in [-0.25, -0.2) is 9.59 Å². The monoisotopic (exact) mass is 294 g/mol. The first-order valence-corrected chi connectivity index (χ1v) is 7.11. The molecule has 1 fully saturated rings. The van der Waals surface area contributed by atoms with Crippen LogP contribution in [0.1, 0.15) is 29.5 Å². The van der Waals surface area contributed by atoms with Gasteiger partial charge in [0, 0.05) is 31.4 Å². The number of aromatic nitrogens is 1. The van der Waals surface area contributed by atoms with Crippen LogP contribution in [0.4, 0.5) is 10.5 Å². The van der Waals surface area contributed by atoms with Gasteiger partial charge in [0.1, 0.15) is 5.69 Å². The van der Waals surface area contributed by atoms with E-state index in [9.17, 15) is 9.59 Å². The van der Waals surface area contributed by atoms with Crippen molar-refractivity contribution in [2.45, 2.75) is 26.3 Å². The summed E-state index contributed by atoms with van der Waals surface area (Å²) >= 11 is 0. The van der Waals surface area contributed by atoms with Crippen LogP contribution in [-0.2, 0) is 0 Å². The van der Waals surface area contributed by atoms with Crippen molar-refractivity contribution in [3.8, 4) is 0 Å². The molecule has 0 bridgehead atoms. The summed E-state index contributed by atoms with van der Waals surface area (Å²) in [7, 11) is 2.06. The molecule has 1 aliphatic heterocycles. The Morgan fingerprint density at radius 3 is 2.81 bits per heavy atom. The lowest BCUT2D eigenvalue weighted by atomic mass is 10.1. The smallest absolute Gasteiger partial charge is 0.354 e. The third kappa shape index (κ3) is 3.36. The Kier molecular flexibility index (Phi) is 4.52. The molecule has 2 amide bonds. The predicted molar refractivity (Wildman–Crippen MR) is 79.8 cm³/mol. The number of carboxylic acid groups (broad SMARTS) is 1. The van der Waals surface area contributed by atoms with E-state index in [-0.39, 0.29) is 11.7 Å². The maximum Gasteiger partial charge on any atom is 0.354 e. The number of anilines is 1. The Morgan fingerprint density at radius 2 is 2.19 bits per heavy atom. The number of carbonyl (C=O) groups is 2. The van der Waals surface area contributed by atoms with Crippen molar-refractivity contribution in [3.05, 3.63) is 17.5 Å². The summed E-state index contributed by atoms with van der Waals surface area (Å²) < 4.78 is 0. The molecule has 2 rings (SSSR count). The Morgan fingerprint density at radius 1 is 1.48 bits per heavy atom. The fourth-order valence-corrected chi connectivity index (χ4v) is 2.62. The highest BCUT2D eigenvalue weighted by Crippen LogP contribution is 2.18. The lowest BCUT2D eigenvalue weighted by molar-refractivity contribution is 0.0692. The van der Waals surface area contributed by atoms with Crippen molar-refractivity contribution >= 4 is 17.7 Å². The third-order valence-electron chi connectivity index (χ3n) is 3.94. The maximum absolute atomic E-state index is 12.3. The number of aromatic amines is 1. The number of piperazine rings is 1. The standard InChI is InChI=1S/C14H22N4O3/c1-4-10-8-18(6-5-17(10)3)14(21)16-11-7-9(2)15-12(11)13(19)20/h7,10,15H,4-6,8H2,1-3H3,(H,16,21)(H,19,20). The maximum atomic E-state index is 12.3. The minimum Gasteiger partial charge on any atom is -0.477 e. The van der Waals surface area contributed by atoms with Crippen LogP contribution in [0.2, 0.25) is 0 Å². The Labute approximate surface area is 123 Å². The number of hydrogen-bond acceptors (Lipinski definition) is 3. The van der Waals surface area contributed by atoms with Gasteiger partial charge in [0.15, 0.2) is 0 Å². The van der Waals surface area contributed by atoms with Gasteiger partial charge in [0.2, 0.25) is 0 Å². The molecular formula is C14H22N4O3. The van der Waals surface area contributed by atoms with Crippen LogP contribution in [0, 0.1) is 6.92 Å². The SMILES string of the molecule is CCC1CN(C(=O)Nc2cc(C)[nH]c2C(=O)O)CCN1C. The largest absolute Gasteiger partial charge is 0.477 e. The van der Waals surface area contributed by atoms with Gasteiger partial charge in [0.05, 0.1) is 5.69 Å². The molecule has 0 aromatic carbocycles. The number of aryl methyl sites for hydroxylation is 1. The number of H-pyrrole nitrogens is 1. The predicted octanol–water partition coefficient (Wildman–Crippen LogP) is 1.58. The highest BCUT2D eigenvalue weighted by atomic mass is 16.4. The molecule has 116 valence electrons. The van der Waals surface area contributed by atoms with Crippen LogP contribution < -0.4 is 5.32 Å². The fourth-order valence-electron chi connectivity index (χ4n) is 2.62. The molecule has 1 aliphatic rings. The zero-order valence-corrected chi connectivity index (χ0v) is 12.6. The number of carbonyl (C=O) groups excluding carboxylic acids is 1. The minimum absolute atomic E-state index is 0.0158. The Hall–Kier alpha value is -2.02. The second-order valence-electron chi connectivity index (χ2n) is 5.47. The van der Waals surface area contributed by atoms with E-state index < -0.39 is 5.97 Å². The molecule has 0 spiro atoms. The summed E-state index contributed by atoms with van der Waals surface area (Å²) in [6.07, 6.45) is 0.976. The van der Waals surface area contributed by atoms with Crippen molar-refractivity contribution in [1.82, 2.24) is 14.8 Å². The van der Waals surface area contributed by atoms with Crippen molar-refractivity contribution in [2.24, 2.45) is 0 Å². The molecule has 21 heavy (non-hydrogen) atoms. The molecule has 1 aromatic heterocycles. The number of carboxylic acids is 1. The van der Waals surface area contributed by atoms with E-state index in [1.54, 1.807) is 17.9 Å². The zero-order valence-electron chi connectivity index (χ0n) is 12.6. The number of nitrogens with one attached hydrogen (secondary N) is 2. The summed E-state index contributed by atoms with van der Waals surface area (Å²) in [4.78, 5) is 30.2. The number of hydrogen-bond donors (Lipinski definition) is 3. The first-order valence-electron chi connectivity index (χ1n) is 7.11. The van der Waals surface area contributed by atoms with E-state index in [0.717, 1.165) is 13.0 Å². The quantitative estimate of drug-likeness (QED) is 0.789. The molecule has 2 heterocycles. The average molecular weight is 294 g/mol. The van der Waals surface area contributed by atoms with Crippen LogP contribution >= 0.6 is 0 Å². The summed E-state index contributed by atoms with van der Waals surface area (Å²) in [5.74, 6) is -1.08. The summed E-state index contributed by atoms with van der Waals surface area (Å²) in [5.41, 5.74) is 1.03. The first-order chi connectivity index (χ1) is 9.92. The minimum atomic E-state index is -1.08. The number of urea groups is 1. The van der Waals surface area contributed by atoms with E-state index in [4.69, 9.17) is 5.11 Å². The van der Waals surface area contributed by atoms with Gasteiger partial charge in [-0.2, -0.15) is 0 Å². The molecule has 0 aliphatic carbocycles. The van der Waals surface area contributed by atoms with Crippen LogP contribution in [0.5, 0.6) is 0 Å². The lowest BCUT2D eigenvalue weighted by Crippen LogP contribution is -2.54. The molecule has 1 unspecified atom stereocenters. The van der Waals surface area contributed by atoms with Gasteiger partial charge < -0.3 is 20.3 Å².